The van der Waals surface area contributed by atoms with E-state index >= 15 is 0 Å². The third-order valence-electron chi connectivity index (χ3n) is 2.80. The molecule has 0 saturated carbocycles. The summed E-state index contributed by atoms with van der Waals surface area (Å²) < 4.78 is 15.4. The lowest BCUT2D eigenvalue weighted by Crippen LogP contribution is -2.21. The smallest absolute Gasteiger partial charge is 0.307 e. The molecule has 0 aliphatic carbocycles. The molecule has 106 valence electrons. The second-order valence-electron chi connectivity index (χ2n) is 4.00. The van der Waals surface area contributed by atoms with Gasteiger partial charge in [-0.2, -0.15) is 0 Å². The van der Waals surface area contributed by atoms with Crippen LogP contribution in [0, 0.1) is 0 Å². The van der Waals surface area contributed by atoms with E-state index in [9.17, 15) is 4.79 Å². The van der Waals surface area contributed by atoms with Gasteiger partial charge in [0.05, 0.1) is 27.2 Å². The van der Waals surface area contributed by atoms with Crippen molar-refractivity contribution in [3.8, 4) is 11.5 Å². The molecule has 1 atom stereocenters. The minimum absolute atomic E-state index is 0.136. The largest absolute Gasteiger partial charge is 0.497 e. The Morgan fingerprint density at radius 1 is 1.21 bits per heavy atom. The van der Waals surface area contributed by atoms with Crippen molar-refractivity contribution in [2.75, 3.05) is 27.9 Å². The summed E-state index contributed by atoms with van der Waals surface area (Å²) >= 11 is 0. The van der Waals surface area contributed by atoms with Crippen LogP contribution in [0.4, 0.5) is 0 Å². The predicted octanol–water partition coefficient (Wildman–Crippen LogP) is 1.92. The second kappa shape index (κ2) is 7.63. The van der Waals surface area contributed by atoms with Gasteiger partial charge in [0.2, 0.25) is 0 Å². The van der Waals surface area contributed by atoms with Crippen molar-refractivity contribution >= 4 is 5.97 Å². The third kappa shape index (κ3) is 4.44. The molecule has 5 nitrogen and oxygen atoms in total. The fourth-order valence-corrected chi connectivity index (χ4v) is 1.80. The standard InChI is InChI=1S/C14H21NO4/c1-5-19-14(16)9-13(15-2)10-6-11(17-3)8-12(7-10)18-4/h6-8,13,15H,5,9H2,1-4H3. The van der Waals surface area contributed by atoms with Gasteiger partial charge in [0, 0.05) is 12.1 Å². The Labute approximate surface area is 113 Å². The number of nitrogens with one attached hydrogen (secondary N) is 1. The van der Waals surface area contributed by atoms with Crippen LogP contribution >= 0.6 is 0 Å². The average molecular weight is 267 g/mol. The number of ether oxygens (including phenoxy) is 3. The molecule has 1 aromatic carbocycles. The summed E-state index contributed by atoms with van der Waals surface area (Å²) in [5.41, 5.74) is 0.923. The molecule has 0 saturated heterocycles. The average Bonchev–Trinajstić information content (AvgIpc) is 2.44. The lowest BCUT2D eigenvalue weighted by atomic mass is 10.0. The highest BCUT2D eigenvalue weighted by atomic mass is 16.5. The molecule has 0 amide bonds. The first kappa shape index (κ1) is 15.3. The summed E-state index contributed by atoms with van der Waals surface area (Å²) in [7, 11) is 4.99. The molecular weight excluding hydrogens is 246 g/mol. The molecule has 0 fully saturated rings. The summed E-state index contributed by atoms with van der Waals surface area (Å²) in [6.07, 6.45) is 0.265. The van der Waals surface area contributed by atoms with Crippen LogP contribution in [0.2, 0.25) is 0 Å². The van der Waals surface area contributed by atoms with E-state index in [1.165, 1.54) is 0 Å². The Hall–Kier alpha value is -1.75. The maximum absolute atomic E-state index is 11.6. The number of esters is 1. The first-order chi connectivity index (χ1) is 9.14. The number of carbonyl (C=O) groups excluding carboxylic acids is 1. The number of benzene rings is 1. The van der Waals surface area contributed by atoms with Crippen LogP contribution in [0.1, 0.15) is 24.9 Å². The minimum atomic E-state index is -0.233. The van der Waals surface area contributed by atoms with Crippen molar-refractivity contribution in [1.82, 2.24) is 5.32 Å². The zero-order chi connectivity index (χ0) is 14.3. The van der Waals surface area contributed by atoms with E-state index in [4.69, 9.17) is 14.2 Å². The normalized spacial score (nSPS) is 11.8. The summed E-state index contributed by atoms with van der Waals surface area (Å²) in [6.45, 7) is 2.18. The van der Waals surface area contributed by atoms with Gasteiger partial charge in [-0.05, 0) is 31.7 Å². The summed E-state index contributed by atoms with van der Waals surface area (Å²) in [6, 6.07) is 5.41. The van der Waals surface area contributed by atoms with Gasteiger partial charge in [-0.25, -0.2) is 0 Å². The van der Waals surface area contributed by atoms with Gasteiger partial charge in [-0.1, -0.05) is 0 Å². The van der Waals surface area contributed by atoms with E-state index in [2.05, 4.69) is 5.32 Å². The fourth-order valence-electron chi connectivity index (χ4n) is 1.80. The molecular formula is C14H21NO4. The van der Waals surface area contributed by atoms with Crippen LogP contribution in [-0.2, 0) is 9.53 Å². The Morgan fingerprint density at radius 3 is 2.21 bits per heavy atom. The zero-order valence-electron chi connectivity index (χ0n) is 11.9. The third-order valence-corrected chi connectivity index (χ3v) is 2.80. The van der Waals surface area contributed by atoms with Crippen LogP contribution in [0.3, 0.4) is 0 Å². The van der Waals surface area contributed by atoms with Crippen LogP contribution in [-0.4, -0.2) is 33.8 Å². The highest BCUT2D eigenvalue weighted by molar-refractivity contribution is 5.70. The van der Waals surface area contributed by atoms with Crippen molar-refractivity contribution in [2.24, 2.45) is 0 Å². The molecule has 1 rings (SSSR count). The molecule has 1 aromatic rings. The monoisotopic (exact) mass is 267 g/mol. The molecule has 0 spiro atoms. The van der Waals surface area contributed by atoms with Gasteiger partial charge in [0.25, 0.3) is 0 Å². The molecule has 1 N–H and O–H groups in total. The molecule has 0 aromatic heterocycles. The Kier molecular flexibility index (Phi) is 6.15. The van der Waals surface area contributed by atoms with E-state index in [0.717, 1.165) is 5.56 Å². The first-order valence-corrected chi connectivity index (χ1v) is 6.20. The van der Waals surface area contributed by atoms with Crippen LogP contribution in [0.25, 0.3) is 0 Å². The number of carbonyl (C=O) groups is 1. The van der Waals surface area contributed by atoms with Crippen LogP contribution in [0.15, 0.2) is 18.2 Å². The van der Waals surface area contributed by atoms with Crippen molar-refractivity contribution in [3.05, 3.63) is 23.8 Å². The van der Waals surface area contributed by atoms with Gasteiger partial charge >= 0.3 is 5.97 Å². The Balaban J connectivity index is 2.93. The van der Waals surface area contributed by atoms with E-state index in [1.54, 1.807) is 34.3 Å². The molecule has 0 aliphatic heterocycles. The number of rotatable bonds is 7. The number of hydrogen-bond acceptors (Lipinski definition) is 5. The predicted molar refractivity (Wildman–Crippen MR) is 72.6 cm³/mol. The van der Waals surface area contributed by atoms with Gasteiger partial charge in [0.1, 0.15) is 11.5 Å². The van der Waals surface area contributed by atoms with Gasteiger partial charge in [-0.15, -0.1) is 0 Å². The topological polar surface area (TPSA) is 56.8 Å². The van der Waals surface area contributed by atoms with Gasteiger partial charge in [-0.3, -0.25) is 4.79 Å². The van der Waals surface area contributed by atoms with Crippen molar-refractivity contribution < 1.29 is 19.0 Å². The molecule has 0 heterocycles. The minimum Gasteiger partial charge on any atom is -0.497 e. The Morgan fingerprint density at radius 2 is 1.79 bits per heavy atom. The molecule has 1 unspecified atom stereocenters. The quantitative estimate of drug-likeness (QED) is 0.765. The van der Waals surface area contributed by atoms with Crippen molar-refractivity contribution in [1.29, 1.82) is 0 Å². The fraction of sp³-hybridized carbons (Fsp3) is 0.500. The van der Waals surface area contributed by atoms with Gasteiger partial charge < -0.3 is 19.5 Å². The summed E-state index contributed by atoms with van der Waals surface area (Å²) in [4.78, 5) is 11.6. The molecule has 0 bridgehead atoms. The van der Waals surface area contributed by atoms with E-state index in [-0.39, 0.29) is 18.4 Å². The van der Waals surface area contributed by atoms with Crippen LogP contribution < -0.4 is 14.8 Å². The SMILES string of the molecule is CCOC(=O)CC(NC)c1cc(OC)cc(OC)c1. The lowest BCUT2D eigenvalue weighted by molar-refractivity contribution is -0.143. The maximum Gasteiger partial charge on any atom is 0.307 e. The molecule has 0 radical (unpaired) electrons. The summed E-state index contributed by atoms with van der Waals surface area (Å²) in [5, 5.41) is 3.10. The van der Waals surface area contributed by atoms with Crippen molar-refractivity contribution in [2.45, 2.75) is 19.4 Å². The van der Waals surface area contributed by atoms with Gasteiger partial charge in [0.15, 0.2) is 0 Å². The maximum atomic E-state index is 11.6. The van der Waals surface area contributed by atoms with E-state index in [1.807, 2.05) is 12.1 Å². The zero-order valence-corrected chi connectivity index (χ0v) is 11.9. The summed E-state index contributed by atoms with van der Waals surface area (Å²) in [5.74, 6) is 1.15. The molecule has 0 aliphatic rings. The number of methoxy groups -OCH3 is 2. The Bertz CT molecular complexity index is 398. The first-order valence-electron chi connectivity index (χ1n) is 6.20. The highest BCUT2D eigenvalue weighted by Gasteiger charge is 2.16. The highest BCUT2D eigenvalue weighted by Crippen LogP contribution is 2.27. The van der Waals surface area contributed by atoms with Crippen molar-refractivity contribution in [3.63, 3.8) is 0 Å². The molecule has 5 heteroatoms. The molecule has 19 heavy (non-hydrogen) atoms. The number of hydrogen-bond donors (Lipinski definition) is 1. The van der Waals surface area contributed by atoms with E-state index in [0.29, 0.717) is 18.1 Å². The van der Waals surface area contributed by atoms with Crippen LogP contribution in [0.5, 0.6) is 11.5 Å². The second-order valence-corrected chi connectivity index (χ2v) is 4.00. The lowest BCUT2D eigenvalue weighted by Gasteiger charge is -2.17. The van der Waals surface area contributed by atoms with E-state index < -0.39 is 0 Å².